The zero-order valence-corrected chi connectivity index (χ0v) is 15.8. The Kier molecular flexibility index (Phi) is 10.0. The third-order valence-corrected chi connectivity index (χ3v) is 5.11. The number of carboxylic acids is 1. The van der Waals surface area contributed by atoms with Gasteiger partial charge >= 0.3 is 11.9 Å². The number of unbranched alkanes of at least 4 members (excludes halogenated alkanes) is 3. The quantitative estimate of drug-likeness (QED) is 0.415. The van der Waals surface area contributed by atoms with Crippen molar-refractivity contribution >= 4 is 11.9 Å². The molecule has 3 unspecified atom stereocenters. The Morgan fingerprint density at radius 1 is 1.00 bits per heavy atom. The molecule has 0 spiro atoms. The van der Waals surface area contributed by atoms with Gasteiger partial charge in [0.2, 0.25) is 0 Å². The second-order valence-electron chi connectivity index (χ2n) is 7.72. The smallest absolute Gasteiger partial charge is 0.310 e. The number of esters is 1. The number of carbonyl (C=O) groups is 2. The fourth-order valence-corrected chi connectivity index (χ4v) is 3.54. The van der Waals surface area contributed by atoms with E-state index in [1.165, 1.54) is 19.3 Å². The van der Waals surface area contributed by atoms with E-state index in [2.05, 4.69) is 20.8 Å². The van der Waals surface area contributed by atoms with Crippen LogP contribution < -0.4 is 0 Å². The molecule has 1 fully saturated rings. The molecule has 0 saturated heterocycles. The van der Waals surface area contributed by atoms with Crippen molar-refractivity contribution < 1.29 is 19.4 Å². The van der Waals surface area contributed by atoms with E-state index in [9.17, 15) is 14.7 Å². The summed E-state index contributed by atoms with van der Waals surface area (Å²) in [5.41, 5.74) is 0. The maximum atomic E-state index is 12.6. The highest BCUT2D eigenvalue weighted by Gasteiger charge is 2.37. The van der Waals surface area contributed by atoms with E-state index < -0.39 is 17.8 Å². The van der Waals surface area contributed by atoms with Crippen molar-refractivity contribution in [1.29, 1.82) is 0 Å². The highest BCUT2D eigenvalue weighted by molar-refractivity contribution is 5.81. The molecule has 0 bridgehead atoms. The molecule has 4 heteroatoms. The van der Waals surface area contributed by atoms with Gasteiger partial charge < -0.3 is 9.84 Å². The topological polar surface area (TPSA) is 63.6 Å². The number of hydrogen-bond donors (Lipinski definition) is 1. The molecular weight excluding hydrogens is 304 g/mol. The van der Waals surface area contributed by atoms with E-state index in [4.69, 9.17) is 4.74 Å². The lowest BCUT2D eigenvalue weighted by molar-refractivity contribution is -0.164. The summed E-state index contributed by atoms with van der Waals surface area (Å²) in [4.78, 5) is 24.0. The Morgan fingerprint density at radius 3 is 2.25 bits per heavy atom. The highest BCUT2D eigenvalue weighted by Crippen LogP contribution is 2.32. The van der Waals surface area contributed by atoms with Gasteiger partial charge in [-0.15, -0.1) is 0 Å². The fraction of sp³-hybridized carbons (Fsp3) is 0.900. The molecule has 1 N–H and O–H groups in total. The van der Waals surface area contributed by atoms with E-state index in [1.807, 2.05) is 0 Å². The third-order valence-electron chi connectivity index (χ3n) is 5.11. The van der Waals surface area contributed by atoms with Gasteiger partial charge in [-0.1, -0.05) is 52.9 Å². The normalized spacial score (nSPS) is 22.3. The van der Waals surface area contributed by atoms with Crippen molar-refractivity contribution in [3.63, 3.8) is 0 Å². The number of hydrogen-bond acceptors (Lipinski definition) is 3. The van der Waals surface area contributed by atoms with Crippen molar-refractivity contribution in [3.8, 4) is 0 Å². The molecule has 0 radical (unpaired) electrons. The summed E-state index contributed by atoms with van der Waals surface area (Å²) in [6, 6.07) is 0. The second-order valence-corrected chi connectivity index (χ2v) is 7.72. The van der Waals surface area contributed by atoms with E-state index in [0.717, 1.165) is 38.5 Å². The van der Waals surface area contributed by atoms with Crippen LogP contribution in [-0.2, 0) is 14.3 Å². The van der Waals surface area contributed by atoms with E-state index >= 15 is 0 Å². The molecule has 0 aromatic carbocycles. The Hall–Kier alpha value is -1.06. The SMILES string of the molecule is CCCCCCC(CCC(C)C)OC(=O)C1CCCCC1C(=O)O. The molecule has 0 aliphatic heterocycles. The van der Waals surface area contributed by atoms with Crippen LogP contribution in [0.4, 0.5) is 0 Å². The first-order chi connectivity index (χ1) is 11.5. The molecule has 1 rings (SSSR count). The first-order valence-electron chi connectivity index (χ1n) is 9.89. The maximum absolute atomic E-state index is 12.6. The Balaban J connectivity index is 2.57. The van der Waals surface area contributed by atoms with Gasteiger partial charge in [0.25, 0.3) is 0 Å². The summed E-state index contributed by atoms with van der Waals surface area (Å²) in [6.07, 6.45) is 10.5. The predicted molar refractivity (Wildman–Crippen MR) is 95.8 cm³/mol. The van der Waals surface area contributed by atoms with Gasteiger partial charge in [-0.3, -0.25) is 9.59 Å². The summed E-state index contributed by atoms with van der Waals surface area (Å²) in [5, 5.41) is 9.36. The first kappa shape index (κ1) is 21.0. The lowest BCUT2D eigenvalue weighted by Crippen LogP contribution is -2.35. The maximum Gasteiger partial charge on any atom is 0.310 e. The third kappa shape index (κ3) is 7.67. The van der Waals surface area contributed by atoms with Crippen molar-refractivity contribution in [3.05, 3.63) is 0 Å². The zero-order valence-electron chi connectivity index (χ0n) is 15.8. The molecule has 24 heavy (non-hydrogen) atoms. The highest BCUT2D eigenvalue weighted by atomic mass is 16.5. The van der Waals surface area contributed by atoms with Gasteiger partial charge in [-0.2, -0.15) is 0 Å². The number of rotatable bonds is 11. The minimum Gasteiger partial charge on any atom is -0.481 e. The second kappa shape index (κ2) is 11.5. The van der Waals surface area contributed by atoms with Gasteiger partial charge in [0, 0.05) is 0 Å². The summed E-state index contributed by atoms with van der Waals surface area (Å²) < 4.78 is 5.80. The Morgan fingerprint density at radius 2 is 1.67 bits per heavy atom. The average molecular weight is 341 g/mol. The zero-order chi connectivity index (χ0) is 17.9. The summed E-state index contributed by atoms with van der Waals surface area (Å²) >= 11 is 0. The summed E-state index contributed by atoms with van der Waals surface area (Å²) in [6.45, 7) is 6.54. The van der Waals surface area contributed by atoms with E-state index in [-0.39, 0.29) is 12.1 Å². The number of carbonyl (C=O) groups excluding carboxylic acids is 1. The molecular formula is C20H36O4. The fourth-order valence-electron chi connectivity index (χ4n) is 3.54. The molecule has 1 aliphatic rings. The average Bonchev–Trinajstić information content (AvgIpc) is 2.56. The first-order valence-corrected chi connectivity index (χ1v) is 9.89. The van der Waals surface area contributed by atoms with Crippen LogP contribution in [0.25, 0.3) is 0 Å². The van der Waals surface area contributed by atoms with Gasteiger partial charge in [-0.25, -0.2) is 0 Å². The van der Waals surface area contributed by atoms with Gasteiger partial charge in [0.15, 0.2) is 0 Å². The minimum absolute atomic E-state index is 0.0480. The van der Waals surface area contributed by atoms with Crippen LogP contribution in [0.3, 0.4) is 0 Å². The van der Waals surface area contributed by atoms with E-state index in [1.54, 1.807) is 0 Å². The van der Waals surface area contributed by atoms with Gasteiger partial charge in [-0.05, 0) is 44.4 Å². The minimum atomic E-state index is -0.849. The van der Waals surface area contributed by atoms with Crippen LogP contribution in [0.15, 0.2) is 0 Å². The summed E-state index contributed by atoms with van der Waals surface area (Å²) in [5.74, 6) is -1.54. The largest absolute Gasteiger partial charge is 0.481 e. The molecule has 0 amide bonds. The monoisotopic (exact) mass is 340 g/mol. The lowest BCUT2D eigenvalue weighted by Gasteiger charge is -2.29. The molecule has 1 aliphatic carbocycles. The molecule has 4 nitrogen and oxygen atoms in total. The number of aliphatic carboxylic acids is 1. The van der Waals surface area contributed by atoms with Crippen LogP contribution in [-0.4, -0.2) is 23.1 Å². The standard InChI is InChI=1S/C20H36O4/c1-4-5-6-7-10-16(14-13-15(2)3)24-20(23)18-12-9-8-11-17(18)19(21)22/h15-18H,4-14H2,1-3H3,(H,21,22). The molecule has 0 aromatic heterocycles. The van der Waals surface area contributed by atoms with Crippen molar-refractivity contribution in [2.45, 2.75) is 97.5 Å². The molecule has 0 heterocycles. The number of carboxylic acid groups (broad SMARTS) is 1. The Labute approximate surface area is 147 Å². The lowest BCUT2D eigenvalue weighted by atomic mass is 9.79. The van der Waals surface area contributed by atoms with Gasteiger partial charge in [0.05, 0.1) is 11.8 Å². The molecule has 1 saturated carbocycles. The van der Waals surface area contributed by atoms with Crippen molar-refractivity contribution in [2.75, 3.05) is 0 Å². The molecule has 140 valence electrons. The number of ether oxygens (including phenoxy) is 1. The summed E-state index contributed by atoms with van der Waals surface area (Å²) in [7, 11) is 0. The molecule has 3 atom stereocenters. The van der Waals surface area contributed by atoms with Crippen LogP contribution in [0.2, 0.25) is 0 Å². The van der Waals surface area contributed by atoms with E-state index in [0.29, 0.717) is 18.8 Å². The van der Waals surface area contributed by atoms with Crippen molar-refractivity contribution in [1.82, 2.24) is 0 Å². The van der Waals surface area contributed by atoms with Crippen LogP contribution in [0.5, 0.6) is 0 Å². The van der Waals surface area contributed by atoms with Crippen LogP contribution in [0, 0.1) is 17.8 Å². The molecule has 0 aromatic rings. The van der Waals surface area contributed by atoms with Crippen LogP contribution in [0.1, 0.15) is 91.4 Å². The van der Waals surface area contributed by atoms with Crippen molar-refractivity contribution in [2.24, 2.45) is 17.8 Å². The predicted octanol–water partition coefficient (Wildman–Crippen LogP) is 5.20. The van der Waals surface area contributed by atoms with Crippen LogP contribution >= 0.6 is 0 Å². The van der Waals surface area contributed by atoms with Gasteiger partial charge in [0.1, 0.15) is 6.10 Å². The Bertz CT molecular complexity index is 378.